The first kappa shape index (κ1) is 11.8. The van der Waals surface area contributed by atoms with Crippen molar-refractivity contribution in [2.75, 3.05) is 0 Å². The maximum Gasteiger partial charge on any atom is 0.320 e. The summed E-state index contributed by atoms with van der Waals surface area (Å²) in [5.74, 6) is -1.71. The smallest absolute Gasteiger partial charge is 0.320 e. The van der Waals surface area contributed by atoms with Crippen LogP contribution >= 0.6 is 0 Å². The van der Waals surface area contributed by atoms with Crippen molar-refractivity contribution in [1.82, 2.24) is 0 Å². The van der Waals surface area contributed by atoms with Crippen LogP contribution in [0.25, 0.3) is 0 Å². The monoisotopic (exact) mass is 186 g/mol. The van der Waals surface area contributed by atoms with E-state index in [9.17, 15) is 14.4 Å². The average Bonchev–Trinajstić information content (AvgIpc) is 1.82. The Morgan fingerprint density at radius 3 is 1.92 bits per heavy atom. The molecular formula is C9H14O4. The number of Topliss-reactive ketones (excluding diaryl/α,β-unsaturated/α-hetero) is 1. The van der Waals surface area contributed by atoms with E-state index in [4.69, 9.17) is 0 Å². The van der Waals surface area contributed by atoms with E-state index in [0.717, 1.165) is 0 Å². The van der Waals surface area contributed by atoms with Crippen LogP contribution in [0.2, 0.25) is 0 Å². The van der Waals surface area contributed by atoms with Crippen LogP contribution in [-0.4, -0.2) is 17.7 Å². The third kappa shape index (κ3) is 5.11. The van der Waals surface area contributed by atoms with Crippen molar-refractivity contribution in [3.63, 3.8) is 0 Å². The molecule has 0 saturated heterocycles. The third-order valence-corrected chi connectivity index (χ3v) is 1.21. The van der Waals surface area contributed by atoms with E-state index in [0.29, 0.717) is 0 Å². The minimum Gasteiger partial charge on any atom is -0.392 e. The summed E-state index contributed by atoms with van der Waals surface area (Å²) in [5, 5.41) is 0. The molecule has 0 aromatic rings. The minimum atomic E-state index is -0.785. The van der Waals surface area contributed by atoms with E-state index in [1.54, 1.807) is 20.8 Å². The van der Waals surface area contributed by atoms with Gasteiger partial charge in [-0.25, -0.2) is 0 Å². The maximum absolute atomic E-state index is 11.1. The molecule has 0 aliphatic heterocycles. The Balaban J connectivity index is 4.08. The van der Waals surface area contributed by atoms with Crippen LogP contribution in [0.3, 0.4) is 0 Å². The van der Waals surface area contributed by atoms with Gasteiger partial charge < -0.3 is 4.74 Å². The predicted molar refractivity (Wildman–Crippen MR) is 45.9 cm³/mol. The molecule has 0 aromatic carbocycles. The van der Waals surface area contributed by atoms with Crippen molar-refractivity contribution < 1.29 is 19.1 Å². The Bertz CT molecular complexity index is 234. The highest BCUT2D eigenvalue weighted by molar-refractivity contribution is 5.98. The summed E-state index contributed by atoms with van der Waals surface area (Å²) < 4.78 is 4.43. The second kappa shape index (κ2) is 4.16. The topological polar surface area (TPSA) is 60.4 Å². The molecule has 0 amide bonds. The number of hydrogen-bond acceptors (Lipinski definition) is 4. The van der Waals surface area contributed by atoms with Crippen LogP contribution in [-0.2, 0) is 19.1 Å². The maximum atomic E-state index is 11.1. The Morgan fingerprint density at radius 1 is 1.15 bits per heavy atom. The summed E-state index contributed by atoms with van der Waals surface area (Å²) in [4.78, 5) is 32.4. The van der Waals surface area contributed by atoms with E-state index >= 15 is 0 Å². The van der Waals surface area contributed by atoms with Crippen LogP contribution in [0, 0.1) is 5.41 Å². The van der Waals surface area contributed by atoms with E-state index in [2.05, 4.69) is 4.74 Å². The molecule has 0 aliphatic rings. The zero-order chi connectivity index (χ0) is 10.6. The Labute approximate surface area is 77.3 Å². The van der Waals surface area contributed by atoms with Crippen molar-refractivity contribution >= 4 is 17.7 Å². The van der Waals surface area contributed by atoms with Gasteiger partial charge in [0.15, 0.2) is 0 Å². The van der Waals surface area contributed by atoms with E-state index in [1.807, 2.05) is 0 Å². The first-order valence-electron chi connectivity index (χ1n) is 3.98. The molecule has 0 N–H and O–H groups in total. The van der Waals surface area contributed by atoms with E-state index in [1.165, 1.54) is 6.92 Å². The third-order valence-electron chi connectivity index (χ3n) is 1.21. The van der Waals surface area contributed by atoms with Gasteiger partial charge in [-0.15, -0.1) is 0 Å². The molecule has 0 spiro atoms. The summed E-state index contributed by atoms with van der Waals surface area (Å²) in [5.41, 5.74) is -0.716. The van der Waals surface area contributed by atoms with Crippen molar-refractivity contribution in [2.24, 2.45) is 5.41 Å². The fourth-order valence-corrected chi connectivity index (χ4v) is 0.496. The summed E-state index contributed by atoms with van der Waals surface area (Å²) in [6.45, 7) is 6.17. The second-order valence-corrected chi connectivity index (χ2v) is 3.89. The van der Waals surface area contributed by atoms with Gasteiger partial charge in [0.1, 0.15) is 12.2 Å². The predicted octanol–water partition coefficient (Wildman–Crippen LogP) is 1.08. The van der Waals surface area contributed by atoms with E-state index < -0.39 is 17.4 Å². The van der Waals surface area contributed by atoms with Crippen LogP contribution in [0.1, 0.15) is 34.1 Å². The molecule has 0 bridgehead atoms. The highest BCUT2D eigenvalue weighted by Crippen LogP contribution is 2.15. The standard InChI is InChI=1S/C9H14O4/c1-6(10)5-7(11)13-8(12)9(2,3)4/h5H2,1-4H3. The largest absolute Gasteiger partial charge is 0.392 e. The van der Waals surface area contributed by atoms with Crippen molar-refractivity contribution in [1.29, 1.82) is 0 Å². The zero-order valence-electron chi connectivity index (χ0n) is 8.34. The Hall–Kier alpha value is -1.19. The van der Waals surface area contributed by atoms with Gasteiger partial charge >= 0.3 is 11.9 Å². The fraction of sp³-hybridized carbons (Fsp3) is 0.667. The molecule has 13 heavy (non-hydrogen) atoms. The number of carbonyl (C=O) groups excluding carboxylic acids is 3. The van der Waals surface area contributed by atoms with Gasteiger partial charge in [-0.3, -0.25) is 14.4 Å². The van der Waals surface area contributed by atoms with Gasteiger partial charge in [0, 0.05) is 0 Å². The lowest BCUT2D eigenvalue weighted by Crippen LogP contribution is -2.26. The van der Waals surface area contributed by atoms with Crippen LogP contribution in [0.4, 0.5) is 0 Å². The number of rotatable bonds is 2. The van der Waals surface area contributed by atoms with Crippen LogP contribution < -0.4 is 0 Å². The molecule has 0 radical (unpaired) electrons. The number of ether oxygens (including phenoxy) is 1. The first-order valence-corrected chi connectivity index (χ1v) is 3.98. The SMILES string of the molecule is CC(=O)CC(=O)OC(=O)C(C)(C)C. The van der Waals surface area contributed by atoms with Crippen LogP contribution in [0.15, 0.2) is 0 Å². The molecule has 74 valence electrons. The highest BCUT2D eigenvalue weighted by atomic mass is 16.6. The molecule has 0 saturated carbocycles. The van der Waals surface area contributed by atoms with E-state index in [-0.39, 0.29) is 12.2 Å². The van der Waals surface area contributed by atoms with Gasteiger partial charge in [0.25, 0.3) is 0 Å². The quantitative estimate of drug-likeness (QED) is 0.478. The van der Waals surface area contributed by atoms with Gasteiger partial charge in [0.05, 0.1) is 5.41 Å². The molecule has 4 heteroatoms. The first-order chi connectivity index (χ1) is 5.73. The molecule has 0 aromatic heterocycles. The minimum absolute atomic E-state index is 0.313. The van der Waals surface area contributed by atoms with Crippen molar-refractivity contribution in [3.8, 4) is 0 Å². The Kier molecular flexibility index (Phi) is 3.78. The lowest BCUT2D eigenvalue weighted by atomic mass is 9.97. The lowest BCUT2D eigenvalue weighted by Gasteiger charge is -2.14. The van der Waals surface area contributed by atoms with Gasteiger partial charge in [-0.05, 0) is 27.7 Å². The number of carbonyl (C=O) groups is 3. The molecule has 0 unspecified atom stereocenters. The molecule has 0 rings (SSSR count). The fourth-order valence-electron chi connectivity index (χ4n) is 0.496. The summed E-state index contributed by atoms with van der Waals surface area (Å²) in [6.07, 6.45) is -0.345. The number of esters is 2. The number of ketones is 1. The molecule has 0 heterocycles. The average molecular weight is 186 g/mol. The Morgan fingerprint density at radius 2 is 1.62 bits per heavy atom. The van der Waals surface area contributed by atoms with Gasteiger partial charge in [-0.2, -0.15) is 0 Å². The summed E-state index contributed by atoms with van der Waals surface area (Å²) in [7, 11) is 0. The summed E-state index contributed by atoms with van der Waals surface area (Å²) in [6, 6.07) is 0. The van der Waals surface area contributed by atoms with Crippen LogP contribution in [0.5, 0.6) is 0 Å². The second-order valence-electron chi connectivity index (χ2n) is 3.89. The molecule has 0 fully saturated rings. The summed E-state index contributed by atoms with van der Waals surface area (Å²) >= 11 is 0. The van der Waals surface area contributed by atoms with Crippen molar-refractivity contribution in [3.05, 3.63) is 0 Å². The molecular weight excluding hydrogens is 172 g/mol. The highest BCUT2D eigenvalue weighted by Gasteiger charge is 2.25. The zero-order valence-corrected chi connectivity index (χ0v) is 8.34. The normalized spacial score (nSPS) is 10.8. The molecule has 0 aliphatic carbocycles. The van der Waals surface area contributed by atoms with Crippen molar-refractivity contribution in [2.45, 2.75) is 34.1 Å². The molecule has 4 nitrogen and oxygen atoms in total. The van der Waals surface area contributed by atoms with Gasteiger partial charge in [0.2, 0.25) is 0 Å². The lowest BCUT2D eigenvalue weighted by molar-refractivity contribution is -0.165. The van der Waals surface area contributed by atoms with Gasteiger partial charge in [-0.1, -0.05) is 0 Å². The number of hydrogen-bond donors (Lipinski definition) is 0. The molecule has 0 atom stereocenters.